The zero-order valence-corrected chi connectivity index (χ0v) is 17.5. The minimum Gasteiger partial charge on any atom is -0.488 e. The van der Waals surface area contributed by atoms with Crippen molar-refractivity contribution in [3.05, 3.63) is 42.7 Å². The van der Waals surface area contributed by atoms with Gasteiger partial charge in [0.1, 0.15) is 17.1 Å². The topological polar surface area (TPSA) is 110 Å². The number of H-pyrrole nitrogens is 1. The quantitative estimate of drug-likeness (QED) is 0.469. The van der Waals surface area contributed by atoms with Gasteiger partial charge in [-0.2, -0.15) is 9.49 Å². The van der Waals surface area contributed by atoms with Gasteiger partial charge in [-0.05, 0) is 39.0 Å². The lowest BCUT2D eigenvalue weighted by Gasteiger charge is -2.21. The molecule has 4 heterocycles. The average Bonchev–Trinajstić information content (AvgIpc) is 3.29. The predicted octanol–water partition coefficient (Wildman–Crippen LogP) is 2.96. The van der Waals surface area contributed by atoms with Gasteiger partial charge >= 0.3 is 0 Å². The molecule has 0 radical (unpaired) electrons. The van der Waals surface area contributed by atoms with Crippen LogP contribution in [0.2, 0.25) is 0 Å². The number of hydrogen-bond acceptors (Lipinski definition) is 6. The molecular weight excluding hydrogens is 411 g/mol. The SMILES string of the molecule is CC(C)(C)S(=O)(=O)c1cc2c(-c3cc4cc[nH]c4nc3F)cnn2cc1OCCO. The molecule has 0 saturated carbocycles. The first-order valence-corrected chi connectivity index (χ1v) is 10.8. The molecule has 4 aromatic rings. The number of fused-ring (bicyclic) bond motifs is 2. The number of nitrogens with one attached hydrogen (secondary N) is 1. The van der Waals surface area contributed by atoms with Crippen LogP contribution >= 0.6 is 0 Å². The smallest absolute Gasteiger partial charge is 0.222 e. The first-order chi connectivity index (χ1) is 14.1. The number of aliphatic hydroxyl groups excluding tert-OH is 1. The monoisotopic (exact) mass is 432 g/mol. The molecule has 0 aliphatic rings. The lowest BCUT2D eigenvalue weighted by molar-refractivity contribution is 0.197. The van der Waals surface area contributed by atoms with Gasteiger partial charge in [0.2, 0.25) is 5.95 Å². The summed E-state index contributed by atoms with van der Waals surface area (Å²) in [6.45, 7) is 4.41. The van der Waals surface area contributed by atoms with Crippen molar-refractivity contribution >= 4 is 26.4 Å². The van der Waals surface area contributed by atoms with Gasteiger partial charge in [-0.15, -0.1) is 0 Å². The maximum atomic E-state index is 14.7. The van der Waals surface area contributed by atoms with E-state index in [9.17, 15) is 12.8 Å². The van der Waals surface area contributed by atoms with Crippen molar-refractivity contribution in [2.45, 2.75) is 30.4 Å². The van der Waals surface area contributed by atoms with Gasteiger partial charge in [-0.1, -0.05) is 0 Å². The maximum absolute atomic E-state index is 14.7. The van der Waals surface area contributed by atoms with E-state index in [1.165, 1.54) is 23.0 Å². The molecule has 0 spiro atoms. The van der Waals surface area contributed by atoms with Crippen molar-refractivity contribution in [1.29, 1.82) is 0 Å². The summed E-state index contributed by atoms with van der Waals surface area (Å²) >= 11 is 0. The van der Waals surface area contributed by atoms with Crippen molar-refractivity contribution in [3.8, 4) is 16.9 Å². The molecule has 0 fully saturated rings. The number of hydrogen-bond donors (Lipinski definition) is 2. The van der Waals surface area contributed by atoms with Crippen LogP contribution in [0.3, 0.4) is 0 Å². The molecule has 0 unspecified atom stereocenters. The molecule has 0 saturated heterocycles. The van der Waals surface area contributed by atoms with Gasteiger partial charge in [-0.25, -0.2) is 17.9 Å². The van der Waals surface area contributed by atoms with E-state index in [4.69, 9.17) is 9.84 Å². The Bertz CT molecular complexity index is 1350. The fraction of sp³-hybridized carbons (Fsp3) is 0.300. The Labute approximate surface area is 172 Å². The molecule has 4 rings (SSSR count). The molecule has 4 aromatic heterocycles. The summed E-state index contributed by atoms with van der Waals surface area (Å²) in [5.74, 6) is -0.624. The first-order valence-electron chi connectivity index (χ1n) is 9.27. The summed E-state index contributed by atoms with van der Waals surface area (Å²) in [6, 6.07) is 4.84. The fourth-order valence-electron chi connectivity index (χ4n) is 3.15. The Kier molecular flexibility index (Phi) is 4.78. The number of aliphatic hydroxyl groups is 1. The van der Waals surface area contributed by atoms with Gasteiger partial charge in [0, 0.05) is 22.7 Å². The van der Waals surface area contributed by atoms with Gasteiger partial charge in [-0.3, -0.25) is 0 Å². The van der Waals surface area contributed by atoms with Crippen molar-refractivity contribution < 1.29 is 22.7 Å². The highest BCUT2D eigenvalue weighted by atomic mass is 32.2. The van der Waals surface area contributed by atoms with E-state index < -0.39 is 20.5 Å². The predicted molar refractivity (Wildman–Crippen MR) is 110 cm³/mol. The van der Waals surface area contributed by atoms with Crippen molar-refractivity contribution in [1.82, 2.24) is 19.6 Å². The van der Waals surface area contributed by atoms with Crippen molar-refractivity contribution in [2.24, 2.45) is 0 Å². The summed E-state index contributed by atoms with van der Waals surface area (Å²) in [7, 11) is -3.80. The van der Waals surface area contributed by atoms with Crippen LogP contribution in [0.1, 0.15) is 20.8 Å². The number of halogens is 1. The molecule has 158 valence electrons. The molecule has 30 heavy (non-hydrogen) atoms. The number of rotatable bonds is 5. The van der Waals surface area contributed by atoms with Crippen LogP contribution in [0.15, 0.2) is 41.7 Å². The molecule has 2 N–H and O–H groups in total. The van der Waals surface area contributed by atoms with Crippen LogP contribution in [0, 0.1) is 5.95 Å². The number of aromatic amines is 1. The second-order valence-corrected chi connectivity index (χ2v) is 10.5. The Morgan fingerprint density at radius 3 is 2.73 bits per heavy atom. The van der Waals surface area contributed by atoms with Gasteiger partial charge in [0.05, 0.1) is 29.3 Å². The Morgan fingerprint density at radius 1 is 1.27 bits per heavy atom. The number of aromatic nitrogens is 4. The van der Waals surface area contributed by atoms with E-state index in [2.05, 4.69) is 15.1 Å². The number of nitrogens with zero attached hydrogens (tertiary/aromatic N) is 3. The molecule has 8 nitrogen and oxygen atoms in total. The molecular formula is C20H21FN4O4S. The van der Waals surface area contributed by atoms with E-state index in [0.29, 0.717) is 16.7 Å². The largest absolute Gasteiger partial charge is 0.488 e. The van der Waals surface area contributed by atoms with E-state index in [-0.39, 0.29) is 29.4 Å². The van der Waals surface area contributed by atoms with Crippen LogP contribution in [0.5, 0.6) is 5.75 Å². The molecule has 0 aliphatic heterocycles. The third-order valence-electron chi connectivity index (χ3n) is 4.81. The molecule has 0 aliphatic carbocycles. The highest BCUT2D eigenvalue weighted by Crippen LogP contribution is 2.36. The number of sulfone groups is 1. The molecule has 10 heteroatoms. The van der Waals surface area contributed by atoms with E-state index in [0.717, 1.165) is 5.39 Å². The van der Waals surface area contributed by atoms with E-state index in [1.54, 1.807) is 39.1 Å². The minimum atomic E-state index is -3.80. The normalized spacial score (nSPS) is 12.7. The molecule has 0 atom stereocenters. The Morgan fingerprint density at radius 2 is 2.03 bits per heavy atom. The Balaban J connectivity index is 1.98. The molecule has 0 bridgehead atoms. The summed E-state index contributed by atoms with van der Waals surface area (Å²) < 4.78 is 46.9. The number of ether oxygens (including phenoxy) is 1. The number of pyridine rings is 2. The third-order valence-corrected chi connectivity index (χ3v) is 7.32. The summed E-state index contributed by atoms with van der Waals surface area (Å²) in [5, 5.41) is 14.1. The van der Waals surface area contributed by atoms with E-state index in [1.807, 2.05) is 0 Å². The third kappa shape index (κ3) is 3.21. The van der Waals surface area contributed by atoms with Crippen LogP contribution in [0.25, 0.3) is 27.7 Å². The summed E-state index contributed by atoms with van der Waals surface area (Å²) in [4.78, 5) is 6.74. The van der Waals surface area contributed by atoms with Crippen LogP contribution in [0.4, 0.5) is 4.39 Å². The van der Waals surface area contributed by atoms with Gasteiger partial charge < -0.3 is 14.8 Å². The summed E-state index contributed by atoms with van der Waals surface area (Å²) in [6.07, 6.45) is 4.54. The second kappa shape index (κ2) is 7.06. The summed E-state index contributed by atoms with van der Waals surface area (Å²) in [5.41, 5.74) is 1.43. The highest BCUT2D eigenvalue weighted by Gasteiger charge is 2.34. The van der Waals surface area contributed by atoms with Crippen LogP contribution in [-0.2, 0) is 9.84 Å². The zero-order chi connectivity index (χ0) is 21.7. The first kappa shape index (κ1) is 20.3. The second-order valence-electron chi connectivity index (χ2n) is 7.82. The zero-order valence-electron chi connectivity index (χ0n) is 16.7. The van der Waals surface area contributed by atoms with Crippen molar-refractivity contribution in [2.75, 3.05) is 13.2 Å². The minimum absolute atomic E-state index is 0.0474. The van der Waals surface area contributed by atoms with Crippen LogP contribution in [-0.4, -0.2) is 51.1 Å². The highest BCUT2D eigenvalue weighted by molar-refractivity contribution is 7.92. The van der Waals surface area contributed by atoms with Gasteiger partial charge in [0.15, 0.2) is 15.6 Å². The Hall–Kier alpha value is -2.98. The van der Waals surface area contributed by atoms with E-state index >= 15 is 0 Å². The van der Waals surface area contributed by atoms with Crippen LogP contribution < -0.4 is 4.74 Å². The average molecular weight is 432 g/mol. The molecule has 0 aromatic carbocycles. The lowest BCUT2D eigenvalue weighted by Crippen LogP contribution is -2.28. The standard InChI is InChI=1S/C20H21FN4O4S/c1-20(2,3)30(27,28)17-9-15-14(10-23-25(15)11-16(17)29-7-6-26)13-8-12-4-5-22-19(12)24-18(13)21/h4-5,8-11,26H,6-7H2,1-3H3,(H,22,24). The maximum Gasteiger partial charge on any atom is 0.222 e. The lowest BCUT2D eigenvalue weighted by atomic mass is 10.1. The fourth-order valence-corrected chi connectivity index (χ4v) is 4.45. The molecule has 0 amide bonds. The van der Waals surface area contributed by atoms with Gasteiger partial charge in [0.25, 0.3) is 0 Å². The van der Waals surface area contributed by atoms with Crippen molar-refractivity contribution in [3.63, 3.8) is 0 Å².